The zero-order valence-corrected chi connectivity index (χ0v) is 12.0. The molecule has 2 nitrogen and oxygen atoms in total. The normalized spacial score (nSPS) is 38.0. The van der Waals surface area contributed by atoms with Crippen molar-refractivity contribution in [3.63, 3.8) is 0 Å². The molecule has 1 N–H and O–H groups in total. The molecule has 1 saturated heterocycles. The molecule has 3 fully saturated rings. The molecule has 0 amide bonds. The summed E-state index contributed by atoms with van der Waals surface area (Å²) in [7, 11) is 0. The van der Waals surface area contributed by atoms with Gasteiger partial charge in [0, 0.05) is 18.6 Å². The van der Waals surface area contributed by atoms with Crippen molar-refractivity contribution in [2.45, 2.75) is 70.4 Å². The van der Waals surface area contributed by atoms with Crippen LogP contribution in [0.1, 0.15) is 58.3 Å². The highest BCUT2D eigenvalue weighted by Crippen LogP contribution is 2.36. The van der Waals surface area contributed by atoms with Crippen LogP contribution in [0.4, 0.5) is 0 Å². The Morgan fingerprint density at radius 3 is 2.17 bits per heavy atom. The molecule has 0 aromatic heterocycles. The maximum atomic E-state index is 3.58. The van der Waals surface area contributed by atoms with Crippen molar-refractivity contribution >= 4 is 0 Å². The molecule has 2 heteroatoms. The van der Waals surface area contributed by atoms with Crippen LogP contribution in [0.2, 0.25) is 0 Å². The first kappa shape index (κ1) is 12.9. The van der Waals surface area contributed by atoms with Crippen LogP contribution < -0.4 is 5.32 Å². The second-order valence-electron chi connectivity index (χ2n) is 7.05. The van der Waals surface area contributed by atoms with Crippen LogP contribution in [0.15, 0.2) is 0 Å². The van der Waals surface area contributed by atoms with Crippen molar-refractivity contribution in [1.82, 2.24) is 10.2 Å². The lowest BCUT2D eigenvalue weighted by atomic mass is 9.86. The minimum atomic E-state index is 0.927. The molecule has 1 unspecified atom stereocenters. The number of nitrogens with one attached hydrogen (secondary N) is 1. The highest BCUT2D eigenvalue weighted by Gasteiger charge is 2.36. The van der Waals surface area contributed by atoms with Crippen LogP contribution in [0.25, 0.3) is 0 Å². The molecule has 0 radical (unpaired) electrons. The van der Waals surface area contributed by atoms with Gasteiger partial charge in [0.15, 0.2) is 0 Å². The predicted molar refractivity (Wildman–Crippen MR) is 76.7 cm³/mol. The van der Waals surface area contributed by atoms with Gasteiger partial charge < -0.3 is 5.32 Å². The van der Waals surface area contributed by atoms with E-state index in [1.54, 1.807) is 0 Å². The Morgan fingerprint density at radius 1 is 0.944 bits per heavy atom. The second kappa shape index (κ2) is 5.92. The lowest BCUT2D eigenvalue weighted by molar-refractivity contribution is 0.105. The Labute approximate surface area is 113 Å². The van der Waals surface area contributed by atoms with Gasteiger partial charge in [-0.1, -0.05) is 6.92 Å². The van der Waals surface area contributed by atoms with E-state index < -0.39 is 0 Å². The van der Waals surface area contributed by atoms with Crippen molar-refractivity contribution in [3.8, 4) is 0 Å². The Balaban J connectivity index is 1.54. The first-order chi connectivity index (χ1) is 8.83. The molecule has 0 spiro atoms. The SMILES string of the molecule is CC1CCC(N(CC2CCCNC2)C2CC2)CC1. The van der Waals surface area contributed by atoms with E-state index in [1.165, 1.54) is 71.0 Å². The summed E-state index contributed by atoms with van der Waals surface area (Å²) in [4.78, 5) is 2.92. The zero-order chi connectivity index (χ0) is 12.4. The Kier molecular flexibility index (Phi) is 4.25. The van der Waals surface area contributed by atoms with Crippen molar-refractivity contribution in [3.05, 3.63) is 0 Å². The Hall–Kier alpha value is -0.0800. The second-order valence-corrected chi connectivity index (χ2v) is 7.05. The predicted octanol–water partition coefficient (Wildman–Crippen LogP) is 3.03. The molecule has 104 valence electrons. The molecule has 0 aromatic carbocycles. The summed E-state index contributed by atoms with van der Waals surface area (Å²) >= 11 is 0. The van der Waals surface area contributed by atoms with Crippen molar-refractivity contribution < 1.29 is 0 Å². The van der Waals surface area contributed by atoms with E-state index in [2.05, 4.69) is 17.1 Å². The number of piperidine rings is 1. The van der Waals surface area contributed by atoms with E-state index in [-0.39, 0.29) is 0 Å². The van der Waals surface area contributed by atoms with Crippen LogP contribution in [0.5, 0.6) is 0 Å². The standard InChI is InChI=1S/C16H30N2/c1-13-4-6-15(7-5-13)18(16-8-9-16)12-14-3-2-10-17-11-14/h13-17H,2-12H2,1H3. The maximum absolute atomic E-state index is 3.58. The fourth-order valence-corrected chi connectivity index (χ4v) is 3.95. The number of hydrogen-bond acceptors (Lipinski definition) is 2. The summed E-state index contributed by atoms with van der Waals surface area (Å²) < 4.78 is 0. The lowest BCUT2D eigenvalue weighted by Gasteiger charge is -2.39. The summed E-state index contributed by atoms with van der Waals surface area (Å²) in [6.07, 6.45) is 11.7. The van der Waals surface area contributed by atoms with Crippen molar-refractivity contribution in [2.75, 3.05) is 19.6 Å². The van der Waals surface area contributed by atoms with Gasteiger partial charge in [0.2, 0.25) is 0 Å². The molecule has 2 saturated carbocycles. The molecule has 0 bridgehead atoms. The summed E-state index contributed by atoms with van der Waals surface area (Å²) in [6.45, 7) is 6.34. The molecule has 2 aliphatic carbocycles. The van der Waals surface area contributed by atoms with E-state index in [9.17, 15) is 0 Å². The van der Waals surface area contributed by atoms with Gasteiger partial charge in [-0.05, 0) is 76.3 Å². The fourth-order valence-electron chi connectivity index (χ4n) is 3.95. The molecule has 0 aromatic rings. The number of rotatable bonds is 4. The molecule has 1 atom stereocenters. The van der Waals surface area contributed by atoms with Crippen molar-refractivity contribution in [1.29, 1.82) is 0 Å². The molecular weight excluding hydrogens is 220 g/mol. The van der Waals surface area contributed by atoms with E-state index in [1.807, 2.05) is 0 Å². The Morgan fingerprint density at radius 2 is 1.61 bits per heavy atom. The number of hydrogen-bond donors (Lipinski definition) is 1. The smallest absolute Gasteiger partial charge is 0.00994 e. The zero-order valence-electron chi connectivity index (χ0n) is 12.0. The van der Waals surface area contributed by atoms with Crippen molar-refractivity contribution in [2.24, 2.45) is 11.8 Å². The third kappa shape index (κ3) is 3.27. The van der Waals surface area contributed by atoms with Crippen LogP contribution in [0.3, 0.4) is 0 Å². The van der Waals surface area contributed by atoms with Gasteiger partial charge in [0.05, 0.1) is 0 Å². The Bertz CT molecular complexity index is 248. The average Bonchev–Trinajstić information content (AvgIpc) is 3.23. The minimum absolute atomic E-state index is 0.927. The van der Waals surface area contributed by atoms with Gasteiger partial charge in [-0.15, -0.1) is 0 Å². The highest BCUT2D eigenvalue weighted by atomic mass is 15.2. The van der Waals surface area contributed by atoms with Gasteiger partial charge in [0.25, 0.3) is 0 Å². The van der Waals surface area contributed by atoms with Gasteiger partial charge in [-0.2, -0.15) is 0 Å². The fraction of sp³-hybridized carbons (Fsp3) is 1.00. The van der Waals surface area contributed by atoms with E-state index in [0.29, 0.717) is 0 Å². The van der Waals surface area contributed by atoms with Crippen LogP contribution >= 0.6 is 0 Å². The molecule has 3 rings (SSSR count). The third-order valence-corrected chi connectivity index (χ3v) is 5.34. The molecule has 1 heterocycles. The minimum Gasteiger partial charge on any atom is -0.316 e. The third-order valence-electron chi connectivity index (χ3n) is 5.34. The van der Waals surface area contributed by atoms with Gasteiger partial charge >= 0.3 is 0 Å². The van der Waals surface area contributed by atoms with Gasteiger partial charge in [0.1, 0.15) is 0 Å². The number of nitrogens with zero attached hydrogens (tertiary/aromatic N) is 1. The van der Waals surface area contributed by atoms with E-state index >= 15 is 0 Å². The quantitative estimate of drug-likeness (QED) is 0.825. The van der Waals surface area contributed by atoms with E-state index in [0.717, 1.165) is 23.9 Å². The van der Waals surface area contributed by atoms with Crippen LogP contribution in [0, 0.1) is 11.8 Å². The summed E-state index contributed by atoms with van der Waals surface area (Å²) in [5.41, 5.74) is 0. The van der Waals surface area contributed by atoms with Gasteiger partial charge in [-0.3, -0.25) is 4.90 Å². The monoisotopic (exact) mass is 250 g/mol. The maximum Gasteiger partial charge on any atom is 0.00994 e. The lowest BCUT2D eigenvalue weighted by Crippen LogP contribution is -2.45. The molecule has 18 heavy (non-hydrogen) atoms. The van der Waals surface area contributed by atoms with Crippen LogP contribution in [-0.2, 0) is 0 Å². The van der Waals surface area contributed by atoms with Crippen LogP contribution in [-0.4, -0.2) is 36.6 Å². The molecule has 1 aliphatic heterocycles. The first-order valence-electron chi connectivity index (χ1n) is 8.29. The topological polar surface area (TPSA) is 15.3 Å². The average molecular weight is 250 g/mol. The summed E-state index contributed by atoms with van der Waals surface area (Å²) in [5.74, 6) is 1.91. The molecule has 3 aliphatic rings. The highest BCUT2D eigenvalue weighted by molar-refractivity contribution is 4.92. The largest absolute Gasteiger partial charge is 0.316 e. The molecular formula is C16H30N2. The first-order valence-corrected chi connectivity index (χ1v) is 8.29. The summed E-state index contributed by atoms with van der Waals surface area (Å²) in [5, 5.41) is 3.58. The summed E-state index contributed by atoms with van der Waals surface area (Å²) in [6, 6.07) is 1.89. The van der Waals surface area contributed by atoms with Gasteiger partial charge in [-0.25, -0.2) is 0 Å². The van der Waals surface area contributed by atoms with E-state index in [4.69, 9.17) is 0 Å².